The van der Waals surface area contributed by atoms with Gasteiger partial charge in [0, 0.05) is 11.6 Å². The first-order chi connectivity index (χ1) is 8.95. The summed E-state index contributed by atoms with van der Waals surface area (Å²) in [6.07, 6.45) is 0.736. The summed E-state index contributed by atoms with van der Waals surface area (Å²) in [5.41, 5.74) is 0. The molecule has 0 spiro atoms. The van der Waals surface area contributed by atoms with E-state index in [2.05, 4.69) is 4.72 Å². The number of hydrogen-bond acceptors (Lipinski definition) is 4. The summed E-state index contributed by atoms with van der Waals surface area (Å²) in [7, 11) is -3.64. The molecule has 106 valence electrons. The van der Waals surface area contributed by atoms with Gasteiger partial charge >= 0.3 is 5.97 Å². The number of nitrogens with one attached hydrogen (secondary N) is 1. The summed E-state index contributed by atoms with van der Waals surface area (Å²) in [6, 6.07) is 5.91. The number of esters is 1. The molecule has 0 unspecified atom stereocenters. The standard InChI is InChI=1S/C12H16ClNO4S/c1-2-8-18-12(15)6-7-14-19(16,17)11-5-3-4-10(13)9-11/h3-5,9,14H,2,6-8H2,1H3. The van der Waals surface area contributed by atoms with Crippen LogP contribution in [0.15, 0.2) is 29.2 Å². The minimum atomic E-state index is -3.64. The zero-order valence-electron chi connectivity index (χ0n) is 10.6. The first-order valence-electron chi connectivity index (χ1n) is 5.86. The van der Waals surface area contributed by atoms with Crippen LogP contribution in [0.3, 0.4) is 0 Å². The van der Waals surface area contributed by atoms with Crippen molar-refractivity contribution in [3.05, 3.63) is 29.3 Å². The molecule has 0 radical (unpaired) electrons. The Morgan fingerprint density at radius 3 is 2.79 bits per heavy atom. The Morgan fingerprint density at radius 2 is 2.16 bits per heavy atom. The van der Waals surface area contributed by atoms with E-state index in [1.165, 1.54) is 12.1 Å². The normalized spacial score (nSPS) is 11.3. The van der Waals surface area contributed by atoms with Crippen LogP contribution in [0.2, 0.25) is 5.02 Å². The lowest BCUT2D eigenvalue weighted by molar-refractivity contribution is -0.143. The number of hydrogen-bond donors (Lipinski definition) is 1. The van der Waals surface area contributed by atoms with Gasteiger partial charge < -0.3 is 4.74 Å². The fourth-order valence-corrected chi connectivity index (χ4v) is 2.63. The van der Waals surface area contributed by atoms with Crippen LogP contribution in [0.25, 0.3) is 0 Å². The molecule has 0 aliphatic carbocycles. The number of halogens is 1. The summed E-state index contributed by atoms with van der Waals surface area (Å²) in [4.78, 5) is 11.3. The minimum absolute atomic E-state index is 0.000203. The zero-order valence-corrected chi connectivity index (χ0v) is 12.1. The zero-order chi connectivity index (χ0) is 14.3. The second-order valence-corrected chi connectivity index (χ2v) is 6.03. The van der Waals surface area contributed by atoms with Gasteiger partial charge in [0.05, 0.1) is 17.9 Å². The smallest absolute Gasteiger partial charge is 0.307 e. The highest BCUT2D eigenvalue weighted by molar-refractivity contribution is 7.89. The number of carbonyl (C=O) groups is 1. The van der Waals surface area contributed by atoms with Crippen LogP contribution < -0.4 is 4.72 Å². The fourth-order valence-electron chi connectivity index (χ4n) is 1.29. The van der Waals surface area contributed by atoms with E-state index in [0.717, 1.165) is 6.42 Å². The lowest BCUT2D eigenvalue weighted by Crippen LogP contribution is -2.26. The molecule has 0 aliphatic heterocycles. The summed E-state index contributed by atoms with van der Waals surface area (Å²) in [5, 5.41) is 0.338. The van der Waals surface area contributed by atoms with Gasteiger partial charge in [-0.05, 0) is 24.6 Å². The number of rotatable bonds is 7. The van der Waals surface area contributed by atoms with Crippen LogP contribution in [-0.2, 0) is 19.6 Å². The van der Waals surface area contributed by atoms with Crippen molar-refractivity contribution in [3.8, 4) is 0 Å². The molecule has 0 fully saturated rings. The maximum absolute atomic E-state index is 11.9. The molecule has 1 N–H and O–H groups in total. The van der Waals surface area contributed by atoms with E-state index >= 15 is 0 Å². The Labute approximate surface area is 118 Å². The highest BCUT2D eigenvalue weighted by Gasteiger charge is 2.14. The molecule has 0 saturated carbocycles. The molecule has 0 bridgehead atoms. The Bertz CT molecular complexity index is 530. The Hall–Kier alpha value is -1.11. The van der Waals surface area contributed by atoms with E-state index in [1.807, 2.05) is 6.92 Å². The second kappa shape index (κ2) is 7.47. The van der Waals surface area contributed by atoms with E-state index in [1.54, 1.807) is 12.1 Å². The fraction of sp³-hybridized carbons (Fsp3) is 0.417. The third-order valence-electron chi connectivity index (χ3n) is 2.19. The predicted octanol–water partition coefficient (Wildman–Crippen LogP) is 1.96. The maximum Gasteiger partial charge on any atom is 0.307 e. The largest absolute Gasteiger partial charge is 0.466 e. The highest BCUT2D eigenvalue weighted by atomic mass is 35.5. The molecule has 1 aromatic rings. The maximum atomic E-state index is 11.9. The van der Waals surface area contributed by atoms with E-state index < -0.39 is 16.0 Å². The van der Waals surface area contributed by atoms with Gasteiger partial charge in [0.1, 0.15) is 0 Å². The van der Waals surface area contributed by atoms with Crippen LogP contribution in [-0.4, -0.2) is 27.5 Å². The molecule has 0 aromatic heterocycles. The van der Waals surface area contributed by atoms with Gasteiger partial charge in [-0.25, -0.2) is 13.1 Å². The third-order valence-corrected chi connectivity index (χ3v) is 3.89. The molecule has 5 nitrogen and oxygen atoms in total. The van der Waals surface area contributed by atoms with E-state index in [-0.39, 0.29) is 17.9 Å². The molecule has 0 amide bonds. The van der Waals surface area contributed by atoms with Crippen molar-refractivity contribution in [1.82, 2.24) is 4.72 Å². The van der Waals surface area contributed by atoms with Gasteiger partial charge in [0.15, 0.2) is 0 Å². The minimum Gasteiger partial charge on any atom is -0.466 e. The summed E-state index contributed by atoms with van der Waals surface area (Å²) in [6.45, 7) is 2.23. The summed E-state index contributed by atoms with van der Waals surface area (Å²) < 4.78 is 30.9. The van der Waals surface area contributed by atoms with Crippen LogP contribution in [0.5, 0.6) is 0 Å². The predicted molar refractivity (Wildman–Crippen MR) is 72.5 cm³/mol. The van der Waals surface area contributed by atoms with E-state index in [4.69, 9.17) is 16.3 Å². The monoisotopic (exact) mass is 305 g/mol. The molecular weight excluding hydrogens is 290 g/mol. The first kappa shape index (κ1) is 15.9. The van der Waals surface area contributed by atoms with Gasteiger partial charge in [-0.2, -0.15) is 0 Å². The first-order valence-corrected chi connectivity index (χ1v) is 7.72. The molecule has 1 aromatic carbocycles. The number of sulfonamides is 1. The Morgan fingerprint density at radius 1 is 1.42 bits per heavy atom. The molecule has 0 atom stereocenters. The number of ether oxygens (including phenoxy) is 1. The Kier molecular flexibility index (Phi) is 6.27. The van der Waals surface area contributed by atoms with Crippen LogP contribution in [0.4, 0.5) is 0 Å². The molecular formula is C12H16ClNO4S. The van der Waals surface area contributed by atoms with Gasteiger partial charge in [-0.15, -0.1) is 0 Å². The highest BCUT2D eigenvalue weighted by Crippen LogP contribution is 2.14. The molecule has 0 saturated heterocycles. The summed E-state index contributed by atoms with van der Waals surface area (Å²) >= 11 is 5.73. The molecule has 19 heavy (non-hydrogen) atoms. The number of benzene rings is 1. The van der Waals surface area contributed by atoms with Crippen molar-refractivity contribution >= 4 is 27.6 Å². The lowest BCUT2D eigenvalue weighted by Gasteiger charge is -2.07. The average Bonchev–Trinajstić information content (AvgIpc) is 2.36. The van der Waals surface area contributed by atoms with Crippen molar-refractivity contribution in [2.24, 2.45) is 0 Å². The molecule has 0 aliphatic rings. The third kappa shape index (κ3) is 5.59. The second-order valence-electron chi connectivity index (χ2n) is 3.83. The lowest BCUT2D eigenvalue weighted by atomic mass is 10.4. The van der Waals surface area contributed by atoms with Crippen molar-refractivity contribution in [2.75, 3.05) is 13.2 Å². The Balaban J connectivity index is 2.50. The number of carbonyl (C=O) groups excluding carboxylic acids is 1. The van der Waals surface area contributed by atoms with Gasteiger partial charge in [-0.3, -0.25) is 4.79 Å². The van der Waals surface area contributed by atoms with Crippen LogP contribution in [0.1, 0.15) is 19.8 Å². The van der Waals surface area contributed by atoms with Crippen LogP contribution >= 0.6 is 11.6 Å². The van der Waals surface area contributed by atoms with Gasteiger partial charge in [0.25, 0.3) is 0 Å². The van der Waals surface area contributed by atoms with Crippen LogP contribution in [0, 0.1) is 0 Å². The molecule has 1 rings (SSSR count). The van der Waals surface area contributed by atoms with Gasteiger partial charge in [-0.1, -0.05) is 24.6 Å². The van der Waals surface area contributed by atoms with Gasteiger partial charge in [0.2, 0.25) is 10.0 Å². The molecule has 7 heteroatoms. The SMILES string of the molecule is CCCOC(=O)CCNS(=O)(=O)c1cccc(Cl)c1. The quantitative estimate of drug-likeness (QED) is 0.782. The van der Waals surface area contributed by atoms with Crippen molar-refractivity contribution in [2.45, 2.75) is 24.7 Å². The summed E-state index contributed by atoms with van der Waals surface area (Å²) in [5.74, 6) is -0.421. The van der Waals surface area contributed by atoms with Crippen molar-refractivity contribution < 1.29 is 17.9 Å². The van der Waals surface area contributed by atoms with E-state index in [0.29, 0.717) is 11.6 Å². The topological polar surface area (TPSA) is 72.5 Å². The van der Waals surface area contributed by atoms with Crippen molar-refractivity contribution in [3.63, 3.8) is 0 Å². The molecule has 0 heterocycles. The average molecular weight is 306 g/mol. The van der Waals surface area contributed by atoms with Crippen molar-refractivity contribution in [1.29, 1.82) is 0 Å². The van der Waals surface area contributed by atoms with E-state index in [9.17, 15) is 13.2 Å².